The molecule has 1 heterocycles. The van der Waals surface area contributed by atoms with Gasteiger partial charge in [0.15, 0.2) is 0 Å². The van der Waals surface area contributed by atoms with Gasteiger partial charge < -0.3 is 15.3 Å². The molecule has 0 radical (unpaired) electrons. The number of hydrogen-bond donors (Lipinski definition) is 2. The minimum absolute atomic E-state index is 0.0862. The van der Waals surface area contributed by atoms with E-state index in [2.05, 4.69) is 5.32 Å². The van der Waals surface area contributed by atoms with Gasteiger partial charge in [-0.2, -0.15) is 0 Å². The summed E-state index contributed by atoms with van der Waals surface area (Å²) in [5, 5.41) is 11.3. The molecule has 18 heavy (non-hydrogen) atoms. The molecule has 6 nitrogen and oxygen atoms in total. The third kappa shape index (κ3) is 3.72. The summed E-state index contributed by atoms with van der Waals surface area (Å²) in [5.74, 6) is -1.58. The first-order valence-corrected chi connectivity index (χ1v) is 6.02. The van der Waals surface area contributed by atoms with E-state index in [1.807, 2.05) is 20.8 Å². The largest absolute Gasteiger partial charge is 0.481 e. The Hall–Kier alpha value is -1.59. The normalized spacial score (nSPS) is 19.5. The molecule has 102 valence electrons. The van der Waals surface area contributed by atoms with E-state index < -0.39 is 11.5 Å². The molecule has 1 aliphatic rings. The highest BCUT2D eigenvalue weighted by molar-refractivity contribution is 5.89. The van der Waals surface area contributed by atoms with E-state index >= 15 is 0 Å². The van der Waals surface area contributed by atoms with E-state index in [4.69, 9.17) is 5.11 Å². The van der Waals surface area contributed by atoms with Crippen LogP contribution in [-0.2, 0) is 14.4 Å². The first kappa shape index (κ1) is 14.5. The van der Waals surface area contributed by atoms with Crippen molar-refractivity contribution < 1.29 is 19.5 Å². The number of amides is 2. The van der Waals surface area contributed by atoms with Crippen LogP contribution < -0.4 is 5.32 Å². The van der Waals surface area contributed by atoms with Gasteiger partial charge in [0.25, 0.3) is 0 Å². The maximum Gasteiger partial charge on any atom is 0.305 e. The Labute approximate surface area is 106 Å². The number of carbonyl (C=O) groups excluding carboxylic acids is 2. The molecule has 6 heteroatoms. The fourth-order valence-electron chi connectivity index (χ4n) is 1.98. The molecule has 0 aliphatic carbocycles. The second kappa shape index (κ2) is 5.37. The Morgan fingerprint density at radius 3 is 2.44 bits per heavy atom. The minimum Gasteiger partial charge on any atom is -0.481 e. The van der Waals surface area contributed by atoms with Gasteiger partial charge in [0.05, 0.1) is 12.3 Å². The monoisotopic (exact) mass is 256 g/mol. The van der Waals surface area contributed by atoms with Gasteiger partial charge in [-0.25, -0.2) is 0 Å². The van der Waals surface area contributed by atoms with Crippen molar-refractivity contribution >= 4 is 17.8 Å². The van der Waals surface area contributed by atoms with Crippen molar-refractivity contribution in [2.45, 2.75) is 39.2 Å². The second-order valence-electron chi connectivity index (χ2n) is 5.51. The van der Waals surface area contributed by atoms with Crippen LogP contribution in [0.3, 0.4) is 0 Å². The summed E-state index contributed by atoms with van der Waals surface area (Å²) in [5.41, 5.74) is -0.446. The summed E-state index contributed by atoms with van der Waals surface area (Å²) in [6.45, 7) is 6.09. The molecule has 1 fully saturated rings. The smallest absolute Gasteiger partial charge is 0.305 e. The molecule has 2 amide bonds. The average Bonchev–Trinajstić information content (AvgIpc) is 2.62. The van der Waals surface area contributed by atoms with Gasteiger partial charge in [0, 0.05) is 25.0 Å². The molecular formula is C12H20N2O4. The average molecular weight is 256 g/mol. The van der Waals surface area contributed by atoms with Crippen molar-refractivity contribution in [1.29, 1.82) is 0 Å². The lowest BCUT2D eigenvalue weighted by molar-refractivity contribution is -0.143. The standard InChI is InChI=1S/C12H20N2O4/c1-12(2,3)14(5-4-10(16)17)11(18)8-6-9(15)13-7-8/h8H,4-7H2,1-3H3,(H,13,15)(H,16,17). The van der Waals surface area contributed by atoms with E-state index in [-0.39, 0.29) is 37.1 Å². The highest BCUT2D eigenvalue weighted by Crippen LogP contribution is 2.20. The maximum atomic E-state index is 12.3. The van der Waals surface area contributed by atoms with Crippen molar-refractivity contribution in [1.82, 2.24) is 10.2 Å². The number of aliphatic carboxylic acids is 1. The highest BCUT2D eigenvalue weighted by atomic mass is 16.4. The molecule has 0 aromatic heterocycles. The fourth-order valence-corrected chi connectivity index (χ4v) is 1.98. The molecule has 2 N–H and O–H groups in total. The summed E-state index contributed by atoms with van der Waals surface area (Å²) in [7, 11) is 0. The molecule has 1 atom stereocenters. The first-order chi connectivity index (χ1) is 8.21. The van der Waals surface area contributed by atoms with Crippen LogP contribution in [-0.4, -0.2) is 46.4 Å². The molecule has 0 aromatic rings. The van der Waals surface area contributed by atoms with E-state index in [0.29, 0.717) is 6.54 Å². The summed E-state index contributed by atoms with van der Waals surface area (Å²) < 4.78 is 0. The molecule has 1 saturated heterocycles. The Kier molecular flexibility index (Phi) is 4.32. The van der Waals surface area contributed by atoms with Crippen molar-refractivity contribution in [2.75, 3.05) is 13.1 Å². The minimum atomic E-state index is -0.933. The van der Waals surface area contributed by atoms with Gasteiger partial charge >= 0.3 is 5.97 Å². The Morgan fingerprint density at radius 1 is 1.44 bits per heavy atom. The lowest BCUT2D eigenvalue weighted by Crippen LogP contribution is -2.49. The predicted octanol–water partition coefficient (Wildman–Crippen LogP) is 0.224. The molecule has 0 spiro atoms. The van der Waals surface area contributed by atoms with Crippen LogP contribution in [0.15, 0.2) is 0 Å². The molecule has 0 aromatic carbocycles. The lowest BCUT2D eigenvalue weighted by Gasteiger charge is -2.37. The van der Waals surface area contributed by atoms with E-state index in [1.165, 1.54) is 0 Å². The van der Waals surface area contributed by atoms with Crippen molar-refractivity contribution in [3.05, 3.63) is 0 Å². The number of carbonyl (C=O) groups is 3. The quantitative estimate of drug-likeness (QED) is 0.753. The van der Waals surface area contributed by atoms with Gasteiger partial charge in [0.2, 0.25) is 11.8 Å². The summed E-state index contributed by atoms with van der Waals surface area (Å²) in [6, 6.07) is 0. The van der Waals surface area contributed by atoms with Crippen LogP contribution in [0, 0.1) is 5.92 Å². The Bertz CT molecular complexity index is 360. The molecular weight excluding hydrogens is 236 g/mol. The van der Waals surface area contributed by atoms with Gasteiger partial charge in [-0.15, -0.1) is 0 Å². The summed E-state index contributed by atoms with van der Waals surface area (Å²) in [6.07, 6.45) is 0.107. The van der Waals surface area contributed by atoms with Crippen LogP contribution in [0.4, 0.5) is 0 Å². The number of nitrogens with one attached hydrogen (secondary N) is 1. The summed E-state index contributed by atoms with van der Waals surface area (Å²) in [4.78, 5) is 35.6. The number of nitrogens with zero attached hydrogens (tertiary/aromatic N) is 1. The zero-order valence-corrected chi connectivity index (χ0v) is 11.0. The Morgan fingerprint density at radius 2 is 2.06 bits per heavy atom. The third-order valence-corrected chi connectivity index (χ3v) is 2.95. The van der Waals surface area contributed by atoms with Crippen molar-refractivity contribution in [3.63, 3.8) is 0 Å². The number of carboxylic acids is 1. The predicted molar refractivity (Wildman–Crippen MR) is 64.8 cm³/mol. The van der Waals surface area contributed by atoms with E-state index in [1.54, 1.807) is 4.90 Å². The topological polar surface area (TPSA) is 86.7 Å². The van der Waals surface area contributed by atoms with Crippen molar-refractivity contribution in [2.24, 2.45) is 5.92 Å². The molecule has 1 aliphatic heterocycles. The molecule has 0 bridgehead atoms. The van der Waals surface area contributed by atoms with Gasteiger partial charge in [-0.05, 0) is 20.8 Å². The first-order valence-electron chi connectivity index (χ1n) is 6.02. The second-order valence-corrected chi connectivity index (χ2v) is 5.51. The van der Waals surface area contributed by atoms with Crippen LogP contribution in [0.2, 0.25) is 0 Å². The van der Waals surface area contributed by atoms with E-state index in [0.717, 1.165) is 0 Å². The summed E-state index contributed by atoms with van der Waals surface area (Å²) >= 11 is 0. The van der Waals surface area contributed by atoms with Crippen LogP contribution in [0.25, 0.3) is 0 Å². The van der Waals surface area contributed by atoms with Gasteiger partial charge in [-0.1, -0.05) is 0 Å². The van der Waals surface area contributed by atoms with Gasteiger partial charge in [0.1, 0.15) is 0 Å². The van der Waals surface area contributed by atoms with Crippen molar-refractivity contribution in [3.8, 4) is 0 Å². The molecule has 1 rings (SSSR count). The number of hydrogen-bond acceptors (Lipinski definition) is 3. The third-order valence-electron chi connectivity index (χ3n) is 2.95. The van der Waals surface area contributed by atoms with E-state index in [9.17, 15) is 14.4 Å². The maximum absolute atomic E-state index is 12.3. The van der Waals surface area contributed by atoms with Crippen LogP contribution in [0.5, 0.6) is 0 Å². The molecule has 0 saturated carbocycles. The highest BCUT2D eigenvalue weighted by Gasteiger charge is 2.35. The lowest BCUT2D eigenvalue weighted by atomic mass is 10.00. The zero-order valence-electron chi connectivity index (χ0n) is 11.0. The molecule has 1 unspecified atom stereocenters. The fraction of sp³-hybridized carbons (Fsp3) is 0.750. The number of carboxylic acid groups (broad SMARTS) is 1. The number of rotatable bonds is 4. The van der Waals surface area contributed by atoms with Crippen LogP contribution >= 0.6 is 0 Å². The Balaban J connectivity index is 2.73. The van der Waals surface area contributed by atoms with Gasteiger partial charge in [-0.3, -0.25) is 14.4 Å². The SMILES string of the molecule is CC(C)(C)N(CCC(=O)O)C(=O)C1CNC(=O)C1. The zero-order chi connectivity index (χ0) is 13.9. The van der Waals surface area contributed by atoms with Crippen LogP contribution in [0.1, 0.15) is 33.6 Å².